The summed E-state index contributed by atoms with van der Waals surface area (Å²) >= 11 is 3.12. The van der Waals surface area contributed by atoms with Crippen molar-refractivity contribution in [2.75, 3.05) is 7.05 Å². The van der Waals surface area contributed by atoms with Gasteiger partial charge in [0, 0.05) is 17.7 Å². The monoisotopic (exact) mass is 343 g/mol. The fourth-order valence-electron chi connectivity index (χ4n) is 2.05. The van der Waals surface area contributed by atoms with Gasteiger partial charge in [0.1, 0.15) is 17.5 Å². The lowest BCUT2D eigenvalue weighted by atomic mass is 9.98. The molecular weight excluding hydrogens is 331 g/mol. The molecule has 1 N–H and O–H groups in total. The molecule has 0 radical (unpaired) electrons. The van der Waals surface area contributed by atoms with Crippen LogP contribution in [0.2, 0.25) is 0 Å². The van der Waals surface area contributed by atoms with Crippen molar-refractivity contribution in [2.45, 2.75) is 12.5 Å². The number of nitrogens with one attached hydrogen (secondary N) is 1. The van der Waals surface area contributed by atoms with E-state index in [1.807, 2.05) is 0 Å². The highest BCUT2D eigenvalue weighted by Crippen LogP contribution is 2.24. The maximum Gasteiger partial charge on any atom is 0.137 e. The van der Waals surface area contributed by atoms with E-state index >= 15 is 0 Å². The number of likely N-dealkylation sites (N-methyl/N-ethyl adjacent to an activating group) is 1. The maximum atomic E-state index is 13.8. The second kappa shape index (κ2) is 6.41. The highest BCUT2D eigenvalue weighted by Gasteiger charge is 2.15. The van der Waals surface area contributed by atoms with Crippen LogP contribution in [0.15, 0.2) is 40.9 Å². The van der Waals surface area contributed by atoms with E-state index in [4.69, 9.17) is 0 Å². The van der Waals surface area contributed by atoms with E-state index in [-0.39, 0.29) is 11.9 Å². The minimum Gasteiger partial charge on any atom is -0.313 e. The van der Waals surface area contributed by atoms with Crippen molar-refractivity contribution >= 4 is 15.9 Å². The van der Waals surface area contributed by atoms with Crippen LogP contribution in [-0.4, -0.2) is 7.05 Å². The van der Waals surface area contributed by atoms with Crippen LogP contribution in [0, 0.1) is 17.5 Å². The number of benzene rings is 2. The minimum absolute atomic E-state index is 0.312. The van der Waals surface area contributed by atoms with Gasteiger partial charge in [0.2, 0.25) is 0 Å². The van der Waals surface area contributed by atoms with Crippen LogP contribution in [0.4, 0.5) is 13.2 Å². The van der Waals surface area contributed by atoms with E-state index in [0.717, 1.165) is 11.6 Å². The molecule has 0 aliphatic heterocycles. The number of hydrogen-bond donors (Lipinski definition) is 1. The van der Waals surface area contributed by atoms with Gasteiger partial charge in [0.25, 0.3) is 0 Å². The van der Waals surface area contributed by atoms with Gasteiger partial charge in [-0.15, -0.1) is 0 Å². The zero-order valence-electron chi connectivity index (χ0n) is 10.8. The first kappa shape index (κ1) is 15.1. The van der Waals surface area contributed by atoms with Crippen molar-refractivity contribution in [3.63, 3.8) is 0 Å². The number of rotatable bonds is 4. The molecule has 0 aromatic heterocycles. The Hall–Kier alpha value is -1.33. The van der Waals surface area contributed by atoms with Gasteiger partial charge < -0.3 is 5.32 Å². The van der Waals surface area contributed by atoms with Crippen molar-refractivity contribution in [2.24, 2.45) is 0 Å². The van der Waals surface area contributed by atoms with Gasteiger partial charge in [-0.05, 0) is 53.2 Å². The fraction of sp³-hybridized carbons (Fsp3) is 0.200. The van der Waals surface area contributed by atoms with Crippen LogP contribution in [0.3, 0.4) is 0 Å². The molecule has 1 nitrogen and oxygen atoms in total. The summed E-state index contributed by atoms with van der Waals surface area (Å²) in [5, 5.41) is 2.99. The van der Waals surface area contributed by atoms with Gasteiger partial charge in [-0.25, -0.2) is 13.2 Å². The summed E-state index contributed by atoms with van der Waals surface area (Å²) in [7, 11) is 1.70. The van der Waals surface area contributed by atoms with Crippen molar-refractivity contribution in [3.05, 3.63) is 69.4 Å². The van der Waals surface area contributed by atoms with Gasteiger partial charge in [0.15, 0.2) is 0 Å². The summed E-state index contributed by atoms with van der Waals surface area (Å²) in [6.07, 6.45) is 0.470. The summed E-state index contributed by atoms with van der Waals surface area (Å²) < 4.78 is 40.3. The van der Waals surface area contributed by atoms with Gasteiger partial charge in [-0.1, -0.05) is 12.1 Å². The van der Waals surface area contributed by atoms with Crippen molar-refractivity contribution in [3.8, 4) is 0 Å². The summed E-state index contributed by atoms with van der Waals surface area (Å²) in [5.74, 6) is -1.54. The van der Waals surface area contributed by atoms with Gasteiger partial charge in [0.05, 0.1) is 4.47 Å². The average Bonchev–Trinajstić information content (AvgIpc) is 2.41. The van der Waals surface area contributed by atoms with Crippen molar-refractivity contribution in [1.29, 1.82) is 0 Å². The minimum atomic E-state index is -0.606. The van der Waals surface area contributed by atoms with Crippen LogP contribution in [0.25, 0.3) is 0 Å². The molecule has 0 spiro atoms. The Kier molecular flexibility index (Phi) is 4.83. The molecule has 20 heavy (non-hydrogen) atoms. The molecule has 106 valence electrons. The quantitative estimate of drug-likeness (QED) is 0.869. The lowest BCUT2D eigenvalue weighted by Gasteiger charge is -2.18. The Labute approximate surface area is 123 Å². The van der Waals surface area contributed by atoms with Crippen LogP contribution >= 0.6 is 15.9 Å². The Balaban J connectivity index is 2.26. The molecule has 0 aliphatic rings. The normalized spacial score (nSPS) is 12.4. The lowest BCUT2D eigenvalue weighted by molar-refractivity contribution is 0.521. The van der Waals surface area contributed by atoms with E-state index in [1.165, 1.54) is 18.2 Å². The van der Waals surface area contributed by atoms with E-state index in [9.17, 15) is 13.2 Å². The molecule has 0 saturated heterocycles. The van der Waals surface area contributed by atoms with Gasteiger partial charge in [-0.2, -0.15) is 0 Å². The Bertz CT molecular complexity index is 616. The molecule has 2 aromatic carbocycles. The molecule has 0 aliphatic carbocycles. The smallest absolute Gasteiger partial charge is 0.137 e. The second-order valence-electron chi connectivity index (χ2n) is 4.46. The van der Waals surface area contributed by atoms with Crippen molar-refractivity contribution in [1.82, 2.24) is 5.32 Å². The summed E-state index contributed by atoms with van der Waals surface area (Å²) in [4.78, 5) is 0. The van der Waals surface area contributed by atoms with E-state index in [2.05, 4.69) is 21.2 Å². The molecule has 0 amide bonds. The van der Waals surface area contributed by atoms with E-state index < -0.39 is 11.6 Å². The third kappa shape index (κ3) is 3.41. The first-order chi connectivity index (χ1) is 9.51. The van der Waals surface area contributed by atoms with Gasteiger partial charge >= 0.3 is 0 Å². The van der Waals surface area contributed by atoms with E-state index in [0.29, 0.717) is 16.5 Å². The lowest BCUT2D eigenvalue weighted by Crippen LogP contribution is -2.20. The molecule has 0 saturated carbocycles. The molecule has 5 heteroatoms. The predicted octanol–water partition coefficient (Wildman–Crippen LogP) is 4.37. The number of hydrogen-bond acceptors (Lipinski definition) is 1. The van der Waals surface area contributed by atoms with Crippen LogP contribution in [-0.2, 0) is 6.42 Å². The fourth-order valence-corrected chi connectivity index (χ4v) is 2.48. The van der Waals surface area contributed by atoms with E-state index in [1.54, 1.807) is 19.2 Å². The summed E-state index contributed by atoms with van der Waals surface area (Å²) in [5.41, 5.74) is 1.23. The van der Waals surface area contributed by atoms with Gasteiger partial charge in [-0.3, -0.25) is 0 Å². The molecule has 1 atom stereocenters. The topological polar surface area (TPSA) is 12.0 Å². The molecule has 2 rings (SSSR count). The Morgan fingerprint density at radius 2 is 1.80 bits per heavy atom. The predicted molar refractivity (Wildman–Crippen MR) is 76.0 cm³/mol. The molecule has 0 fully saturated rings. The molecule has 1 unspecified atom stereocenters. The zero-order chi connectivity index (χ0) is 14.7. The molecule has 2 aromatic rings. The van der Waals surface area contributed by atoms with Crippen LogP contribution in [0.5, 0.6) is 0 Å². The summed E-state index contributed by atoms with van der Waals surface area (Å²) in [6.45, 7) is 0. The second-order valence-corrected chi connectivity index (χ2v) is 5.31. The van der Waals surface area contributed by atoms with Crippen LogP contribution < -0.4 is 5.32 Å². The third-order valence-electron chi connectivity index (χ3n) is 3.11. The van der Waals surface area contributed by atoms with Crippen molar-refractivity contribution < 1.29 is 13.2 Å². The maximum absolute atomic E-state index is 13.8. The zero-order valence-corrected chi connectivity index (χ0v) is 12.3. The Morgan fingerprint density at radius 3 is 2.40 bits per heavy atom. The molecule has 0 bridgehead atoms. The Morgan fingerprint density at radius 1 is 1.05 bits per heavy atom. The molecule has 0 heterocycles. The highest BCUT2D eigenvalue weighted by molar-refractivity contribution is 9.10. The first-order valence-electron chi connectivity index (χ1n) is 6.07. The highest BCUT2D eigenvalue weighted by atomic mass is 79.9. The SMILES string of the molecule is CNC(Cc1ccc(F)c(Br)c1)c1ccc(F)cc1F. The largest absolute Gasteiger partial charge is 0.313 e. The summed E-state index contributed by atoms with van der Waals surface area (Å²) in [6, 6.07) is 7.85. The first-order valence-corrected chi connectivity index (χ1v) is 6.86. The standard InChI is InChI=1S/C15H13BrF3N/c1-20-15(11-4-3-10(17)8-14(11)19)7-9-2-5-13(18)12(16)6-9/h2-6,8,15,20H,7H2,1H3. The number of halogens is 4. The van der Waals surface area contributed by atoms with Crippen LogP contribution in [0.1, 0.15) is 17.2 Å². The third-order valence-corrected chi connectivity index (χ3v) is 3.72. The average molecular weight is 344 g/mol. The molecular formula is C15H13BrF3N.